The maximum absolute atomic E-state index is 2.50. The van der Waals surface area contributed by atoms with Gasteiger partial charge in [-0.05, 0) is 48.4 Å². The topological polar surface area (TPSA) is 3.24 Å². The molecule has 0 N–H and O–H groups in total. The monoisotopic (exact) mass is 273 g/mol. The van der Waals surface area contributed by atoms with Crippen LogP contribution in [0.5, 0.6) is 0 Å². The van der Waals surface area contributed by atoms with Gasteiger partial charge < -0.3 is 4.90 Å². The summed E-state index contributed by atoms with van der Waals surface area (Å²) in [5, 5.41) is 0. The van der Waals surface area contributed by atoms with Gasteiger partial charge in [-0.15, -0.1) is 0 Å². The number of nitrogens with zero attached hydrogens (tertiary/aromatic N) is 1. The molecule has 0 saturated carbocycles. The Hall–Kier alpha value is -0.820. The molecule has 1 saturated heterocycles. The molecule has 1 aromatic rings. The van der Waals surface area contributed by atoms with E-state index in [1.165, 1.54) is 19.5 Å². The van der Waals surface area contributed by atoms with Crippen molar-refractivity contribution in [2.45, 2.75) is 52.9 Å². The Morgan fingerprint density at radius 1 is 1.15 bits per heavy atom. The highest BCUT2D eigenvalue weighted by molar-refractivity contribution is 5.34. The lowest BCUT2D eigenvalue weighted by Crippen LogP contribution is -2.42. The quantitative estimate of drug-likeness (QED) is 0.741. The first kappa shape index (κ1) is 15.6. The van der Waals surface area contributed by atoms with Gasteiger partial charge in [-0.2, -0.15) is 0 Å². The average molecular weight is 273 g/mol. The summed E-state index contributed by atoms with van der Waals surface area (Å²) in [5.74, 6) is 2.06. The fourth-order valence-electron chi connectivity index (χ4n) is 3.84. The minimum absolute atomic E-state index is 0.385. The van der Waals surface area contributed by atoms with Crippen molar-refractivity contribution in [2.24, 2.45) is 11.3 Å². The maximum Gasteiger partial charge on any atom is 0.00502 e. The fraction of sp³-hybridized carbons (Fsp3) is 0.684. The summed E-state index contributed by atoms with van der Waals surface area (Å²) in [6, 6.07) is 9.11. The highest BCUT2D eigenvalue weighted by atomic mass is 15.1. The van der Waals surface area contributed by atoms with E-state index in [0.717, 1.165) is 5.92 Å². The van der Waals surface area contributed by atoms with E-state index in [4.69, 9.17) is 0 Å². The first-order valence-electron chi connectivity index (χ1n) is 8.08. The number of hydrogen-bond donors (Lipinski definition) is 0. The highest BCUT2D eigenvalue weighted by Crippen LogP contribution is 2.44. The number of piperidine rings is 1. The van der Waals surface area contributed by atoms with E-state index < -0.39 is 0 Å². The van der Waals surface area contributed by atoms with E-state index in [1.807, 2.05) is 0 Å². The van der Waals surface area contributed by atoms with Crippen LogP contribution < -0.4 is 0 Å². The predicted octanol–water partition coefficient (Wildman–Crippen LogP) is 4.89. The molecular weight excluding hydrogens is 242 g/mol. The minimum Gasteiger partial charge on any atom is -0.306 e. The number of likely N-dealkylation sites (N-methyl/N-ethyl adjacent to an activating group) is 1. The zero-order valence-corrected chi connectivity index (χ0v) is 14.1. The molecule has 0 amide bonds. The third-order valence-electron chi connectivity index (χ3n) is 4.95. The number of benzene rings is 1. The summed E-state index contributed by atoms with van der Waals surface area (Å²) in [6.07, 6.45) is 1.32. The minimum atomic E-state index is 0.385. The van der Waals surface area contributed by atoms with Crippen molar-refractivity contribution >= 4 is 0 Å². The van der Waals surface area contributed by atoms with Crippen LogP contribution in [0.1, 0.15) is 64.0 Å². The van der Waals surface area contributed by atoms with E-state index >= 15 is 0 Å². The molecular formula is C19H31N. The SMILES string of the molecule is CC(C)c1ccccc1C1CN(C)CCC1C(C)(C)C. The lowest BCUT2D eigenvalue weighted by molar-refractivity contribution is 0.102. The van der Waals surface area contributed by atoms with E-state index in [0.29, 0.717) is 17.3 Å². The van der Waals surface area contributed by atoms with Crippen LogP contribution in [0.15, 0.2) is 24.3 Å². The molecule has 1 aromatic carbocycles. The van der Waals surface area contributed by atoms with Gasteiger partial charge in [0.2, 0.25) is 0 Å². The van der Waals surface area contributed by atoms with Gasteiger partial charge in [0.25, 0.3) is 0 Å². The van der Waals surface area contributed by atoms with Crippen LogP contribution in [0.4, 0.5) is 0 Å². The van der Waals surface area contributed by atoms with Crippen molar-refractivity contribution in [2.75, 3.05) is 20.1 Å². The second kappa shape index (κ2) is 5.89. The Balaban J connectivity index is 2.41. The molecule has 0 spiro atoms. The molecule has 1 nitrogen and oxygen atoms in total. The predicted molar refractivity (Wildman–Crippen MR) is 88.3 cm³/mol. The van der Waals surface area contributed by atoms with Crippen LogP contribution in [-0.2, 0) is 0 Å². The molecule has 1 heterocycles. The Morgan fingerprint density at radius 2 is 1.80 bits per heavy atom. The number of hydrogen-bond acceptors (Lipinski definition) is 1. The van der Waals surface area contributed by atoms with Gasteiger partial charge in [0.1, 0.15) is 0 Å². The molecule has 1 heteroatoms. The molecule has 0 aliphatic carbocycles. The average Bonchev–Trinajstić information content (AvgIpc) is 2.37. The van der Waals surface area contributed by atoms with Gasteiger partial charge in [0.05, 0.1) is 0 Å². The van der Waals surface area contributed by atoms with Crippen molar-refractivity contribution in [3.8, 4) is 0 Å². The lowest BCUT2D eigenvalue weighted by atomic mass is 9.66. The van der Waals surface area contributed by atoms with Gasteiger partial charge in [-0.3, -0.25) is 0 Å². The molecule has 2 rings (SSSR count). The van der Waals surface area contributed by atoms with Crippen LogP contribution in [0.3, 0.4) is 0 Å². The van der Waals surface area contributed by atoms with Crippen molar-refractivity contribution in [1.29, 1.82) is 0 Å². The Bertz CT molecular complexity index is 441. The Kier molecular flexibility index (Phi) is 4.59. The first-order valence-corrected chi connectivity index (χ1v) is 8.08. The standard InChI is InChI=1S/C19H31N/c1-14(2)15-9-7-8-10-16(15)17-13-20(6)12-11-18(17)19(3,4)5/h7-10,14,17-18H,11-13H2,1-6H3. The smallest absolute Gasteiger partial charge is 0.00502 e. The molecule has 112 valence electrons. The van der Waals surface area contributed by atoms with E-state index in [9.17, 15) is 0 Å². The van der Waals surface area contributed by atoms with Crippen molar-refractivity contribution in [1.82, 2.24) is 4.90 Å². The third-order valence-corrected chi connectivity index (χ3v) is 4.95. The van der Waals surface area contributed by atoms with Gasteiger partial charge in [-0.1, -0.05) is 58.9 Å². The van der Waals surface area contributed by atoms with Crippen molar-refractivity contribution < 1.29 is 0 Å². The maximum atomic E-state index is 2.50. The molecule has 0 bridgehead atoms. The summed E-state index contributed by atoms with van der Waals surface area (Å²) in [7, 11) is 2.27. The summed E-state index contributed by atoms with van der Waals surface area (Å²) in [5.41, 5.74) is 3.52. The zero-order valence-electron chi connectivity index (χ0n) is 14.1. The number of likely N-dealkylation sites (tertiary alicyclic amines) is 1. The summed E-state index contributed by atoms with van der Waals surface area (Å²) < 4.78 is 0. The Labute approximate surface area is 125 Å². The molecule has 1 fully saturated rings. The number of rotatable bonds is 2. The molecule has 20 heavy (non-hydrogen) atoms. The lowest BCUT2D eigenvalue weighted by Gasteiger charge is -2.44. The molecule has 2 atom stereocenters. The van der Waals surface area contributed by atoms with Crippen LogP contribution in [0.2, 0.25) is 0 Å². The first-order chi connectivity index (χ1) is 9.30. The molecule has 0 aromatic heterocycles. The second-order valence-electron chi connectivity index (χ2n) is 7.91. The third kappa shape index (κ3) is 3.25. The normalized spacial score (nSPS) is 25.1. The van der Waals surface area contributed by atoms with Gasteiger partial charge >= 0.3 is 0 Å². The van der Waals surface area contributed by atoms with E-state index in [2.05, 4.69) is 70.8 Å². The van der Waals surface area contributed by atoms with Crippen molar-refractivity contribution in [3.63, 3.8) is 0 Å². The molecule has 2 unspecified atom stereocenters. The van der Waals surface area contributed by atoms with Gasteiger partial charge in [0, 0.05) is 12.5 Å². The molecule has 0 radical (unpaired) electrons. The zero-order chi connectivity index (χ0) is 14.9. The van der Waals surface area contributed by atoms with Crippen molar-refractivity contribution in [3.05, 3.63) is 35.4 Å². The second-order valence-corrected chi connectivity index (χ2v) is 7.91. The summed E-state index contributed by atoms with van der Waals surface area (Å²) >= 11 is 0. The van der Waals surface area contributed by atoms with E-state index in [-0.39, 0.29) is 0 Å². The Morgan fingerprint density at radius 3 is 2.40 bits per heavy atom. The van der Waals surface area contributed by atoms with Crippen LogP contribution in [0, 0.1) is 11.3 Å². The summed E-state index contributed by atoms with van der Waals surface area (Å²) in [4.78, 5) is 2.50. The summed E-state index contributed by atoms with van der Waals surface area (Å²) in [6.45, 7) is 14.3. The van der Waals surface area contributed by atoms with Crippen LogP contribution in [-0.4, -0.2) is 25.0 Å². The molecule has 1 aliphatic heterocycles. The molecule has 1 aliphatic rings. The van der Waals surface area contributed by atoms with Gasteiger partial charge in [0.15, 0.2) is 0 Å². The van der Waals surface area contributed by atoms with Crippen LogP contribution in [0.25, 0.3) is 0 Å². The van der Waals surface area contributed by atoms with Crippen LogP contribution >= 0.6 is 0 Å². The fourth-order valence-corrected chi connectivity index (χ4v) is 3.84. The largest absolute Gasteiger partial charge is 0.306 e. The van der Waals surface area contributed by atoms with Gasteiger partial charge in [-0.25, -0.2) is 0 Å². The van der Waals surface area contributed by atoms with E-state index in [1.54, 1.807) is 11.1 Å². The highest BCUT2D eigenvalue weighted by Gasteiger charge is 2.37.